The van der Waals surface area contributed by atoms with E-state index in [-0.39, 0.29) is 6.04 Å². The van der Waals surface area contributed by atoms with Gasteiger partial charge in [0.25, 0.3) is 0 Å². The quantitative estimate of drug-likeness (QED) is 0.382. The second-order valence-corrected chi connectivity index (χ2v) is 4.63. The summed E-state index contributed by atoms with van der Waals surface area (Å²) in [5.74, 6) is 0.487. The second kappa shape index (κ2) is 6.47. The number of hydrogen-bond acceptors (Lipinski definition) is 3. The Hall–Kier alpha value is -1.46. The van der Waals surface area contributed by atoms with Gasteiger partial charge < -0.3 is 11.1 Å². The molecule has 1 aromatic carbocycles. The summed E-state index contributed by atoms with van der Waals surface area (Å²) in [5, 5.41) is 15.5. The molecule has 5 nitrogen and oxygen atoms in total. The standard InChI is InChI=1S/C12H16ClN5/c13-9-4-3-5-10(8-9)16-18-17-12(14)11-6-1-2-7-15-11/h3-5,8,11,15H,1-2,6-7H2,(H2,14,16,17). The van der Waals surface area contributed by atoms with Gasteiger partial charge in [0.1, 0.15) is 5.84 Å². The van der Waals surface area contributed by atoms with E-state index in [0.29, 0.717) is 16.5 Å². The van der Waals surface area contributed by atoms with Gasteiger partial charge in [-0.05, 0) is 42.8 Å². The van der Waals surface area contributed by atoms with Crippen LogP contribution in [0.15, 0.2) is 39.7 Å². The van der Waals surface area contributed by atoms with Crippen molar-refractivity contribution in [3.8, 4) is 0 Å². The Labute approximate surface area is 111 Å². The minimum atomic E-state index is 0.122. The number of benzene rings is 1. The number of nitrogens with two attached hydrogens (primary N) is 1. The van der Waals surface area contributed by atoms with Crippen molar-refractivity contribution in [2.24, 2.45) is 21.2 Å². The zero-order valence-corrected chi connectivity index (χ0v) is 10.8. The normalized spacial score (nSPS) is 21.4. The van der Waals surface area contributed by atoms with Gasteiger partial charge in [-0.15, -0.1) is 10.2 Å². The highest BCUT2D eigenvalue weighted by Gasteiger charge is 2.15. The Bertz CT molecular complexity index is 452. The Balaban J connectivity index is 1.96. The van der Waals surface area contributed by atoms with Gasteiger partial charge in [-0.1, -0.05) is 24.1 Å². The molecule has 1 aromatic rings. The fourth-order valence-corrected chi connectivity index (χ4v) is 2.02. The maximum absolute atomic E-state index is 5.85. The first kappa shape index (κ1) is 13.0. The van der Waals surface area contributed by atoms with Gasteiger partial charge in [0.05, 0.1) is 11.7 Å². The molecule has 1 unspecified atom stereocenters. The van der Waals surface area contributed by atoms with E-state index >= 15 is 0 Å². The van der Waals surface area contributed by atoms with Crippen molar-refractivity contribution >= 4 is 23.1 Å². The van der Waals surface area contributed by atoms with Crippen molar-refractivity contribution in [3.05, 3.63) is 29.3 Å². The molecule has 1 aliphatic heterocycles. The Morgan fingerprint density at radius 3 is 3.00 bits per heavy atom. The van der Waals surface area contributed by atoms with Crippen LogP contribution in [0.1, 0.15) is 19.3 Å². The summed E-state index contributed by atoms with van der Waals surface area (Å²) in [6, 6.07) is 7.24. The van der Waals surface area contributed by atoms with E-state index in [1.54, 1.807) is 18.2 Å². The van der Waals surface area contributed by atoms with E-state index in [0.717, 1.165) is 13.0 Å². The lowest BCUT2D eigenvalue weighted by Gasteiger charge is -2.21. The molecule has 0 aliphatic carbocycles. The molecule has 0 saturated carbocycles. The van der Waals surface area contributed by atoms with Crippen molar-refractivity contribution in [1.82, 2.24) is 5.32 Å². The van der Waals surface area contributed by atoms with Crippen molar-refractivity contribution in [1.29, 1.82) is 0 Å². The first-order valence-corrected chi connectivity index (χ1v) is 6.36. The Kier molecular flexibility index (Phi) is 4.66. The van der Waals surface area contributed by atoms with Gasteiger partial charge in [-0.2, -0.15) is 0 Å². The molecule has 0 radical (unpaired) electrons. The molecule has 6 heteroatoms. The predicted octanol–water partition coefficient (Wildman–Crippen LogP) is 2.84. The van der Waals surface area contributed by atoms with Crippen LogP contribution in [0.5, 0.6) is 0 Å². The van der Waals surface area contributed by atoms with E-state index in [4.69, 9.17) is 17.3 Å². The highest BCUT2D eigenvalue weighted by atomic mass is 35.5. The van der Waals surface area contributed by atoms with Crippen LogP contribution in [0.3, 0.4) is 0 Å². The number of hydrogen-bond donors (Lipinski definition) is 2. The number of amidine groups is 1. The average molecular weight is 266 g/mol. The third-order valence-electron chi connectivity index (χ3n) is 2.80. The topological polar surface area (TPSA) is 75.1 Å². The fourth-order valence-electron chi connectivity index (χ4n) is 1.84. The van der Waals surface area contributed by atoms with Crippen LogP contribution in [0.4, 0.5) is 5.69 Å². The van der Waals surface area contributed by atoms with Gasteiger partial charge >= 0.3 is 0 Å². The van der Waals surface area contributed by atoms with E-state index < -0.39 is 0 Å². The Morgan fingerprint density at radius 1 is 1.39 bits per heavy atom. The molecule has 2 rings (SSSR count). The summed E-state index contributed by atoms with van der Waals surface area (Å²) in [6.07, 6.45) is 3.36. The largest absolute Gasteiger partial charge is 0.384 e. The predicted molar refractivity (Wildman–Crippen MR) is 73.2 cm³/mol. The molecule has 1 aliphatic rings. The van der Waals surface area contributed by atoms with Crippen LogP contribution in [-0.4, -0.2) is 18.4 Å². The molecular weight excluding hydrogens is 250 g/mol. The SMILES string of the molecule is NC(=NN=Nc1cccc(Cl)c1)C1CCCCN1. The summed E-state index contributed by atoms with van der Waals surface area (Å²) in [5.41, 5.74) is 6.51. The smallest absolute Gasteiger partial charge is 0.141 e. The molecule has 1 heterocycles. The molecule has 18 heavy (non-hydrogen) atoms. The summed E-state index contributed by atoms with van der Waals surface area (Å²) in [7, 11) is 0. The van der Waals surface area contributed by atoms with Crippen LogP contribution < -0.4 is 11.1 Å². The minimum Gasteiger partial charge on any atom is -0.384 e. The summed E-state index contributed by atoms with van der Waals surface area (Å²) in [4.78, 5) is 0. The fraction of sp³-hybridized carbons (Fsp3) is 0.417. The van der Waals surface area contributed by atoms with Crippen LogP contribution in [0.25, 0.3) is 0 Å². The zero-order valence-electron chi connectivity index (χ0n) is 10.0. The third-order valence-corrected chi connectivity index (χ3v) is 3.03. The minimum absolute atomic E-state index is 0.122. The van der Waals surface area contributed by atoms with Crippen LogP contribution >= 0.6 is 11.6 Å². The molecule has 1 saturated heterocycles. The van der Waals surface area contributed by atoms with E-state index in [2.05, 4.69) is 20.8 Å². The van der Waals surface area contributed by atoms with Gasteiger partial charge in [-0.25, -0.2) is 0 Å². The lowest BCUT2D eigenvalue weighted by atomic mass is 10.0. The van der Waals surface area contributed by atoms with Crippen molar-refractivity contribution in [2.45, 2.75) is 25.3 Å². The van der Waals surface area contributed by atoms with Crippen LogP contribution in [0.2, 0.25) is 5.02 Å². The van der Waals surface area contributed by atoms with Crippen molar-refractivity contribution < 1.29 is 0 Å². The number of halogens is 1. The molecule has 0 bridgehead atoms. The number of nitrogens with one attached hydrogen (secondary N) is 1. The highest BCUT2D eigenvalue weighted by Crippen LogP contribution is 2.18. The summed E-state index contributed by atoms with van der Waals surface area (Å²) >= 11 is 5.84. The number of rotatable bonds is 3. The molecule has 0 aromatic heterocycles. The third kappa shape index (κ3) is 3.78. The lowest BCUT2D eigenvalue weighted by molar-refractivity contribution is 0.469. The zero-order chi connectivity index (χ0) is 12.8. The van der Waals surface area contributed by atoms with Gasteiger partial charge in [0, 0.05) is 5.02 Å². The second-order valence-electron chi connectivity index (χ2n) is 4.20. The maximum Gasteiger partial charge on any atom is 0.141 e. The van der Waals surface area contributed by atoms with Crippen LogP contribution in [0, 0.1) is 0 Å². The van der Waals surface area contributed by atoms with Crippen molar-refractivity contribution in [3.63, 3.8) is 0 Å². The van der Waals surface area contributed by atoms with E-state index in [1.807, 2.05) is 6.07 Å². The number of piperidine rings is 1. The molecule has 3 N–H and O–H groups in total. The number of nitrogens with zero attached hydrogens (tertiary/aromatic N) is 3. The average Bonchev–Trinajstić information content (AvgIpc) is 2.40. The molecule has 1 atom stereocenters. The van der Waals surface area contributed by atoms with Crippen molar-refractivity contribution in [2.75, 3.05) is 6.54 Å². The van der Waals surface area contributed by atoms with Gasteiger partial charge in [0.2, 0.25) is 0 Å². The first-order chi connectivity index (χ1) is 8.75. The maximum atomic E-state index is 5.85. The lowest BCUT2D eigenvalue weighted by Crippen LogP contribution is -2.44. The first-order valence-electron chi connectivity index (χ1n) is 5.99. The monoisotopic (exact) mass is 265 g/mol. The molecule has 0 amide bonds. The molecule has 1 fully saturated rings. The molecule has 0 spiro atoms. The van der Waals surface area contributed by atoms with E-state index in [1.165, 1.54) is 12.8 Å². The van der Waals surface area contributed by atoms with Gasteiger partial charge in [0.15, 0.2) is 0 Å². The van der Waals surface area contributed by atoms with Gasteiger partial charge in [-0.3, -0.25) is 0 Å². The summed E-state index contributed by atoms with van der Waals surface area (Å²) in [6.45, 7) is 0.978. The van der Waals surface area contributed by atoms with Crippen LogP contribution in [-0.2, 0) is 0 Å². The molecule has 96 valence electrons. The highest BCUT2D eigenvalue weighted by molar-refractivity contribution is 6.30. The Morgan fingerprint density at radius 2 is 2.28 bits per heavy atom. The molecular formula is C12H16ClN5. The summed E-state index contributed by atoms with van der Waals surface area (Å²) < 4.78 is 0. The van der Waals surface area contributed by atoms with E-state index in [9.17, 15) is 0 Å².